The molecule has 2 aromatic heterocycles. The average Bonchev–Trinajstić information content (AvgIpc) is 3.27. The standard InChI is InChI=1S/C18H18N4O2S2/c1-13(23)20-14-4-6-15(7-5-14)26-12-18(24)21-17-8-9-19-22(17)11-16-3-2-10-25-16/h2-10H,11-12H2,1H3,(H,20,23)(H,21,24). The zero-order chi connectivity index (χ0) is 18.4. The van der Waals surface area contributed by atoms with E-state index >= 15 is 0 Å². The quantitative estimate of drug-likeness (QED) is 0.607. The van der Waals surface area contributed by atoms with Crippen LogP contribution in [0.25, 0.3) is 0 Å². The Balaban J connectivity index is 1.52. The summed E-state index contributed by atoms with van der Waals surface area (Å²) in [6.07, 6.45) is 1.68. The first-order chi connectivity index (χ1) is 12.6. The lowest BCUT2D eigenvalue weighted by molar-refractivity contribution is -0.114. The number of thiophene rings is 1. The van der Waals surface area contributed by atoms with E-state index in [9.17, 15) is 9.59 Å². The second-order valence-electron chi connectivity index (χ2n) is 5.50. The number of rotatable bonds is 7. The lowest BCUT2D eigenvalue weighted by Gasteiger charge is -2.08. The van der Waals surface area contributed by atoms with Gasteiger partial charge in [-0.3, -0.25) is 9.59 Å². The molecule has 1 aromatic carbocycles. The first kappa shape index (κ1) is 18.2. The molecular weight excluding hydrogens is 368 g/mol. The van der Waals surface area contributed by atoms with Crippen molar-refractivity contribution in [2.75, 3.05) is 16.4 Å². The molecule has 0 unspecified atom stereocenters. The lowest BCUT2D eigenvalue weighted by Crippen LogP contribution is -2.17. The Morgan fingerprint density at radius 2 is 1.96 bits per heavy atom. The monoisotopic (exact) mass is 386 g/mol. The number of amides is 2. The predicted octanol–water partition coefficient (Wildman–Crippen LogP) is 3.68. The molecule has 2 N–H and O–H groups in total. The summed E-state index contributed by atoms with van der Waals surface area (Å²) in [6, 6.07) is 13.2. The summed E-state index contributed by atoms with van der Waals surface area (Å²) in [5.74, 6) is 0.784. The van der Waals surface area contributed by atoms with E-state index in [-0.39, 0.29) is 11.8 Å². The molecule has 0 atom stereocenters. The number of nitrogens with one attached hydrogen (secondary N) is 2. The molecule has 2 heterocycles. The van der Waals surface area contributed by atoms with Crippen molar-refractivity contribution < 1.29 is 9.59 Å². The van der Waals surface area contributed by atoms with Gasteiger partial charge < -0.3 is 10.6 Å². The second-order valence-corrected chi connectivity index (χ2v) is 7.58. The SMILES string of the molecule is CC(=O)Nc1ccc(SCC(=O)Nc2ccnn2Cc2cccs2)cc1. The number of nitrogens with zero attached hydrogens (tertiary/aromatic N) is 2. The Hall–Kier alpha value is -2.58. The molecular formula is C18H18N4O2S2. The molecule has 3 rings (SSSR count). The van der Waals surface area contributed by atoms with Crippen molar-refractivity contribution in [3.8, 4) is 0 Å². The topological polar surface area (TPSA) is 76.0 Å². The minimum absolute atomic E-state index is 0.0890. The van der Waals surface area contributed by atoms with Crippen molar-refractivity contribution in [3.63, 3.8) is 0 Å². The van der Waals surface area contributed by atoms with Crippen molar-refractivity contribution in [1.82, 2.24) is 9.78 Å². The van der Waals surface area contributed by atoms with Gasteiger partial charge in [-0.1, -0.05) is 6.07 Å². The largest absolute Gasteiger partial charge is 0.326 e. The number of carbonyl (C=O) groups excluding carboxylic acids is 2. The van der Waals surface area contributed by atoms with Gasteiger partial charge in [0.25, 0.3) is 0 Å². The zero-order valence-corrected chi connectivity index (χ0v) is 15.8. The van der Waals surface area contributed by atoms with Gasteiger partial charge in [0.2, 0.25) is 11.8 Å². The molecule has 0 saturated heterocycles. The maximum Gasteiger partial charge on any atom is 0.235 e. The van der Waals surface area contributed by atoms with E-state index in [0.717, 1.165) is 10.6 Å². The molecule has 0 saturated carbocycles. The number of anilines is 2. The number of aromatic nitrogens is 2. The summed E-state index contributed by atoms with van der Waals surface area (Å²) < 4.78 is 1.77. The van der Waals surface area contributed by atoms with Crippen molar-refractivity contribution in [2.45, 2.75) is 18.4 Å². The van der Waals surface area contributed by atoms with Crippen LogP contribution in [0.5, 0.6) is 0 Å². The van der Waals surface area contributed by atoms with Crippen LogP contribution in [0, 0.1) is 0 Å². The highest BCUT2D eigenvalue weighted by Gasteiger charge is 2.09. The van der Waals surface area contributed by atoms with Crippen molar-refractivity contribution in [3.05, 3.63) is 58.9 Å². The van der Waals surface area contributed by atoms with Gasteiger partial charge in [-0.05, 0) is 35.7 Å². The number of hydrogen-bond acceptors (Lipinski definition) is 5. The molecule has 0 aliphatic rings. The van der Waals surface area contributed by atoms with Gasteiger partial charge in [0.1, 0.15) is 5.82 Å². The molecule has 0 spiro atoms. The van der Waals surface area contributed by atoms with E-state index in [4.69, 9.17) is 0 Å². The van der Waals surface area contributed by atoms with E-state index < -0.39 is 0 Å². The third-order valence-corrected chi connectivity index (χ3v) is 5.29. The van der Waals surface area contributed by atoms with Crippen LogP contribution in [-0.4, -0.2) is 27.3 Å². The minimum atomic E-state index is -0.107. The average molecular weight is 387 g/mol. The highest BCUT2D eigenvalue weighted by atomic mass is 32.2. The van der Waals surface area contributed by atoms with E-state index in [0.29, 0.717) is 18.1 Å². The Bertz CT molecular complexity index is 873. The summed E-state index contributed by atoms with van der Waals surface area (Å²) in [4.78, 5) is 25.4. The van der Waals surface area contributed by atoms with Gasteiger partial charge in [0.15, 0.2) is 0 Å². The van der Waals surface area contributed by atoms with Crippen LogP contribution in [0.1, 0.15) is 11.8 Å². The molecule has 134 valence electrons. The van der Waals surface area contributed by atoms with Crippen LogP contribution in [0.2, 0.25) is 0 Å². The normalized spacial score (nSPS) is 10.5. The molecule has 6 nitrogen and oxygen atoms in total. The van der Waals surface area contributed by atoms with E-state index in [1.54, 1.807) is 28.3 Å². The van der Waals surface area contributed by atoms with Gasteiger partial charge >= 0.3 is 0 Å². The zero-order valence-electron chi connectivity index (χ0n) is 14.1. The van der Waals surface area contributed by atoms with Crippen LogP contribution in [0.4, 0.5) is 11.5 Å². The summed E-state index contributed by atoms with van der Waals surface area (Å²) in [6.45, 7) is 2.11. The van der Waals surface area contributed by atoms with Gasteiger partial charge in [-0.2, -0.15) is 5.10 Å². The molecule has 2 amide bonds. The molecule has 8 heteroatoms. The number of carbonyl (C=O) groups is 2. The van der Waals surface area contributed by atoms with Crippen LogP contribution in [0.15, 0.2) is 58.9 Å². The summed E-state index contributed by atoms with van der Waals surface area (Å²) >= 11 is 3.09. The van der Waals surface area contributed by atoms with E-state index in [2.05, 4.69) is 15.7 Å². The van der Waals surface area contributed by atoms with Crippen LogP contribution in [0.3, 0.4) is 0 Å². The molecule has 0 aliphatic heterocycles. The Kier molecular flexibility index (Phi) is 6.08. The van der Waals surface area contributed by atoms with Crippen LogP contribution >= 0.6 is 23.1 Å². The van der Waals surface area contributed by atoms with E-state index in [1.165, 1.54) is 23.6 Å². The molecule has 0 fully saturated rings. The number of benzene rings is 1. The Morgan fingerprint density at radius 1 is 1.15 bits per heavy atom. The lowest BCUT2D eigenvalue weighted by atomic mass is 10.3. The molecule has 0 aliphatic carbocycles. The number of hydrogen-bond donors (Lipinski definition) is 2. The maximum atomic E-state index is 12.2. The molecule has 3 aromatic rings. The van der Waals surface area contributed by atoms with Gasteiger partial charge in [0, 0.05) is 28.5 Å². The highest BCUT2D eigenvalue weighted by Crippen LogP contribution is 2.21. The van der Waals surface area contributed by atoms with Crippen molar-refractivity contribution in [2.24, 2.45) is 0 Å². The Morgan fingerprint density at radius 3 is 2.65 bits per heavy atom. The smallest absolute Gasteiger partial charge is 0.235 e. The predicted molar refractivity (Wildman–Crippen MR) is 106 cm³/mol. The van der Waals surface area contributed by atoms with Crippen molar-refractivity contribution >= 4 is 46.4 Å². The Labute approximate surface area is 159 Å². The van der Waals surface area contributed by atoms with Gasteiger partial charge in [-0.25, -0.2) is 4.68 Å². The van der Waals surface area contributed by atoms with Gasteiger partial charge in [-0.15, -0.1) is 23.1 Å². The summed E-state index contributed by atoms with van der Waals surface area (Å²) in [5, 5.41) is 11.9. The van der Waals surface area contributed by atoms with Crippen LogP contribution < -0.4 is 10.6 Å². The fraction of sp³-hybridized carbons (Fsp3) is 0.167. The fourth-order valence-electron chi connectivity index (χ4n) is 2.28. The maximum absolute atomic E-state index is 12.2. The highest BCUT2D eigenvalue weighted by molar-refractivity contribution is 8.00. The van der Waals surface area contributed by atoms with Crippen molar-refractivity contribution in [1.29, 1.82) is 0 Å². The molecule has 26 heavy (non-hydrogen) atoms. The molecule has 0 bridgehead atoms. The first-order valence-electron chi connectivity index (χ1n) is 7.94. The summed E-state index contributed by atoms with van der Waals surface area (Å²) in [5.41, 5.74) is 0.740. The van der Waals surface area contributed by atoms with Gasteiger partial charge in [0.05, 0.1) is 18.5 Å². The summed E-state index contributed by atoms with van der Waals surface area (Å²) in [7, 11) is 0. The van der Waals surface area contributed by atoms with Crippen LogP contribution in [-0.2, 0) is 16.1 Å². The van der Waals surface area contributed by atoms with E-state index in [1.807, 2.05) is 41.8 Å². The first-order valence-corrected chi connectivity index (χ1v) is 9.81. The molecule has 0 radical (unpaired) electrons. The third kappa shape index (κ3) is 5.21. The fourth-order valence-corrected chi connectivity index (χ4v) is 3.66. The number of thioether (sulfide) groups is 1. The third-order valence-electron chi connectivity index (χ3n) is 3.41. The second kappa shape index (κ2) is 8.68. The minimum Gasteiger partial charge on any atom is -0.326 e.